The molecule has 4 heteroatoms. The molecule has 0 bridgehead atoms. The molecule has 1 saturated heterocycles. The predicted molar refractivity (Wildman–Crippen MR) is 60.3 cm³/mol. The predicted octanol–water partition coefficient (Wildman–Crippen LogP) is 1.38. The van der Waals surface area contributed by atoms with Crippen LogP contribution < -0.4 is 4.90 Å². The van der Waals surface area contributed by atoms with Crippen LogP contribution in [0.4, 0.5) is 5.82 Å². The Bertz CT molecular complexity index is 327. The van der Waals surface area contributed by atoms with E-state index in [0.717, 1.165) is 32.1 Å². The SMILES string of the molecule is CC(C)c1cn(C)nc1N1CCOCC1. The van der Waals surface area contributed by atoms with E-state index in [9.17, 15) is 0 Å². The molecule has 0 amide bonds. The van der Waals surface area contributed by atoms with Gasteiger partial charge in [0.25, 0.3) is 0 Å². The lowest BCUT2D eigenvalue weighted by Gasteiger charge is -2.28. The monoisotopic (exact) mass is 209 g/mol. The van der Waals surface area contributed by atoms with E-state index >= 15 is 0 Å². The van der Waals surface area contributed by atoms with Crippen molar-refractivity contribution in [3.63, 3.8) is 0 Å². The summed E-state index contributed by atoms with van der Waals surface area (Å²) in [5.41, 5.74) is 1.33. The summed E-state index contributed by atoms with van der Waals surface area (Å²) in [5, 5.41) is 4.54. The number of hydrogen-bond acceptors (Lipinski definition) is 3. The fraction of sp³-hybridized carbons (Fsp3) is 0.727. The van der Waals surface area contributed by atoms with Gasteiger partial charge in [0.1, 0.15) is 0 Å². The van der Waals surface area contributed by atoms with Gasteiger partial charge in [-0.25, -0.2) is 0 Å². The molecule has 0 aliphatic carbocycles. The number of anilines is 1. The molecular formula is C11H19N3O. The van der Waals surface area contributed by atoms with E-state index in [-0.39, 0.29) is 0 Å². The molecule has 0 saturated carbocycles. The molecule has 2 rings (SSSR count). The van der Waals surface area contributed by atoms with E-state index in [1.165, 1.54) is 5.56 Å². The number of aromatic nitrogens is 2. The molecule has 0 unspecified atom stereocenters. The molecule has 0 atom stereocenters. The first-order valence-corrected chi connectivity index (χ1v) is 5.54. The Morgan fingerprint density at radius 2 is 2.00 bits per heavy atom. The fourth-order valence-electron chi connectivity index (χ4n) is 1.92. The molecule has 2 heterocycles. The van der Waals surface area contributed by atoms with Crippen LogP contribution in [0.1, 0.15) is 25.3 Å². The maximum Gasteiger partial charge on any atom is 0.154 e. The summed E-state index contributed by atoms with van der Waals surface area (Å²) in [6, 6.07) is 0. The summed E-state index contributed by atoms with van der Waals surface area (Å²) >= 11 is 0. The largest absolute Gasteiger partial charge is 0.378 e. The van der Waals surface area contributed by atoms with Crippen LogP contribution in [0.15, 0.2) is 6.20 Å². The second kappa shape index (κ2) is 4.23. The standard InChI is InChI=1S/C11H19N3O/c1-9(2)10-8-13(3)12-11(10)14-4-6-15-7-5-14/h8-9H,4-7H2,1-3H3. The van der Waals surface area contributed by atoms with Gasteiger partial charge in [-0.05, 0) is 5.92 Å². The van der Waals surface area contributed by atoms with Gasteiger partial charge >= 0.3 is 0 Å². The number of rotatable bonds is 2. The maximum atomic E-state index is 5.35. The number of ether oxygens (including phenoxy) is 1. The fourth-order valence-corrected chi connectivity index (χ4v) is 1.92. The minimum absolute atomic E-state index is 0.525. The lowest BCUT2D eigenvalue weighted by molar-refractivity contribution is 0.122. The van der Waals surface area contributed by atoms with Crippen LogP contribution in [0.5, 0.6) is 0 Å². The van der Waals surface area contributed by atoms with Crippen molar-refractivity contribution in [3.8, 4) is 0 Å². The normalized spacial score (nSPS) is 17.5. The molecule has 1 aromatic heterocycles. The third-order valence-electron chi connectivity index (χ3n) is 2.77. The third kappa shape index (κ3) is 2.15. The van der Waals surface area contributed by atoms with Crippen molar-refractivity contribution in [2.24, 2.45) is 7.05 Å². The van der Waals surface area contributed by atoms with Gasteiger partial charge < -0.3 is 9.64 Å². The molecule has 84 valence electrons. The maximum absolute atomic E-state index is 5.35. The van der Waals surface area contributed by atoms with Gasteiger partial charge in [-0.3, -0.25) is 4.68 Å². The minimum Gasteiger partial charge on any atom is -0.378 e. The van der Waals surface area contributed by atoms with Crippen molar-refractivity contribution in [2.75, 3.05) is 31.2 Å². The van der Waals surface area contributed by atoms with Crippen LogP contribution in [-0.2, 0) is 11.8 Å². The summed E-state index contributed by atoms with van der Waals surface area (Å²) in [4.78, 5) is 2.32. The first kappa shape index (κ1) is 10.5. The Morgan fingerprint density at radius 3 is 2.60 bits per heavy atom. The van der Waals surface area contributed by atoms with Crippen LogP contribution in [0, 0.1) is 0 Å². The van der Waals surface area contributed by atoms with Crippen LogP contribution in [0.2, 0.25) is 0 Å². The summed E-state index contributed by atoms with van der Waals surface area (Å²) in [5.74, 6) is 1.66. The van der Waals surface area contributed by atoms with Gasteiger partial charge in [-0.1, -0.05) is 13.8 Å². The second-order valence-corrected chi connectivity index (χ2v) is 4.34. The molecule has 0 spiro atoms. The zero-order valence-electron chi connectivity index (χ0n) is 9.73. The van der Waals surface area contributed by atoms with Crippen LogP contribution in [0.3, 0.4) is 0 Å². The van der Waals surface area contributed by atoms with Crippen molar-refractivity contribution in [3.05, 3.63) is 11.8 Å². The van der Waals surface area contributed by atoms with Crippen LogP contribution in [0.25, 0.3) is 0 Å². The van der Waals surface area contributed by atoms with Gasteiger partial charge in [0.15, 0.2) is 5.82 Å². The molecule has 1 aliphatic rings. The van der Waals surface area contributed by atoms with Crippen molar-refractivity contribution < 1.29 is 4.74 Å². The van der Waals surface area contributed by atoms with E-state index in [4.69, 9.17) is 4.74 Å². The molecule has 15 heavy (non-hydrogen) atoms. The Labute approximate surface area is 90.8 Å². The number of nitrogens with zero attached hydrogens (tertiary/aromatic N) is 3. The molecule has 0 radical (unpaired) electrons. The highest BCUT2D eigenvalue weighted by Gasteiger charge is 2.19. The third-order valence-corrected chi connectivity index (χ3v) is 2.77. The van der Waals surface area contributed by atoms with Gasteiger partial charge in [0, 0.05) is 31.9 Å². The molecule has 1 fully saturated rings. The highest BCUT2D eigenvalue weighted by atomic mass is 16.5. The lowest BCUT2D eigenvalue weighted by Crippen LogP contribution is -2.37. The van der Waals surface area contributed by atoms with Gasteiger partial charge in [0.2, 0.25) is 0 Å². The number of hydrogen-bond donors (Lipinski definition) is 0. The van der Waals surface area contributed by atoms with Crippen molar-refractivity contribution >= 4 is 5.82 Å². The van der Waals surface area contributed by atoms with Gasteiger partial charge in [0.05, 0.1) is 13.2 Å². The summed E-state index contributed by atoms with van der Waals surface area (Å²) < 4.78 is 7.26. The van der Waals surface area contributed by atoms with Crippen molar-refractivity contribution in [2.45, 2.75) is 19.8 Å². The number of aryl methyl sites for hydroxylation is 1. The zero-order valence-corrected chi connectivity index (χ0v) is 9.73. The van der Waals surface area contributed by atoms with E-state index in [1.54, 1.807) is 0 Å². The summed E-state index contributed by atoms with van der Waals surface area (Å²) in [6.45, 7) is 7.96. The van der Waals surface area contributed by atoms with Crippen molar-refractivity contribution in [1.29, 1.82) is 0 Å². The first-order chi connectivity index (χ1) is 7.18. The molecule has 1 aromatic rings. The highest BCUT2D eigenvalue weighted by Crippen LogP contribution is 2.26. The van der Waals surface area contributed by atoms with E-state index in [1.807, 2.05) is 11.7 Å². The van der Waals surface area contributed by atoms with E-state index < -0.39 is 0 Å². The Kier molecular flexibility index (Phi) is 2.95. The average molecular weight is 209 g/mol. The zero-order chi connectivity index (χ0) is 10.8. The molecule has 1 aliphatic heterocycles. The quantitative estimate of drug-likeness (QED) is 0.737. The van der Waals surface area contributed by atoms with Gasteiger partial charge in [-0.15, -0.1) is 0 Å². The van der Waals surface area contributed by atoms with Gasteiger partial charge in [-0.2, -0.15) is 5.10 Å². The summed E-state index contributed by atoms with van der Waals surface area (Å²) in [6.07, 6.45) is 2.12. The molecule has 0 N–H and O–H groups in total. The van der Waals surface area contributed by atoms with E-state index in [2.05, 4.69) is 30.0 Å². The second-order valence-electron chi connectivity index (χ2n) is 4.34. The molecular weight excluding hydrogens is 190 g/mol. The van der Waals surface area contributed by atoms with Crippen LogP contribution >= 0.6 is 0 Å². The Hall–Kier alpha value is -1.03. The number of morpholine rings is 1. The summed E-state index contributed by atoms with van der Waals surface area (Å²) in [7, 11) is 1.98. The van der Waals surface area contributed by atoms with Crippen molar-refractivity contribution in [1.82, 2.24) is 9.78 Å². The Morgan fingerprint density at radius 1 is 1.33 bits per heavy atom. The smallest absolute Gasteiger partial charge is 0.154 e. The van der Waals surface area contributed by atoms with E-state index in [0.29, 0.717) is 5.92 Å². The first-order valence-electron chi connectivity index (χ1n) is 5.54. The topological polar surface area (TPSA) is 30.3 Å². The lowest BCUT2D eigenvalue weighted by atomic mass is 10.1. The van der Waals surface area contributed by atoms with Crippen LogP contribution in [-0.4, -0.2) is 36.1 Å². The minimum atomic E-state index is 0.525. The molecule has 4 nitrogen and oxygen atoms in total. The molecule has 0 aromatic carbocycles. The average Bonchev–Trinajstić information content (AvgIpc) is 2.62. The Balaban J connectivity index is 2.25. The highest BCUT2D eigenvalue weighted by molar-refractivity contribution is 5.47.